The van der Waals surface area contributed by atoms with Crippen molar-refractivity contribution < 1.29 is 19.0 Å². The maximum absolute atomic E-state index is 13.2. The van der Waals surface area contributed by atoms with Crippen LogP contribution < -0.4 is 19.1 Å². The average Bonchev–Trinajstić information content (AvgIpc) is 2.77. The Balaban J connectivity index is 1.77. The van der Waals surface area contributed by atoms with Crippen molar-refractivity contribution in [2.45, 2.75) is 26.0 Å². The lowest BCUT2D eigenvalue weighted by atomic mass is 9.88. The molecule has 1 amide bonds. The third-order valence-corrected chi connectivity index (χ3v) is 5.43. The van der Waals surface area contributed by atoms with Crippen LogP contribution in [-0.4, -0.2) is 26.2 Å². The number of β-lactam (4-membered cyclic amide) rings is 1. The number of ether oxygens (including phenoxy) is 3. The van der Waals surface area contributed by atoms with Crippen molar-refractivity contribution >= 4 is 11.6 Å². The van der Waals surface area contributed by atoms with Crippen LogP contribution in [0.2, 0.25) is 0 Å². The number of amides is 1. The molecule has 1 aliphatic heterocycles. The molecule has 1 fully saturated rings. The van der Waals surface area contributed by atoms with Crippen LogP contribution in [-0.2, 0) is 4.79 Å². The minimum Gasteiger partial charge on any atom is -0.493 e. The SMILES string of the molecule is COc1ccc([C@@H]2[C@@H](Oc3ccccc3)C(=O)N2c2cc(C)ccc2C)cc1OC. The van der Waals surface area contributed by atoms with Crippen LogP contribution in [0.25, 0.3) is 0 Å². The zero-order valence-corrected chi connectivity index (χ0v) is 17.6. The lowest BCUT2D eigenvalue weighted by Gasteiger charge is -2.47. The zero-order valence-electron chi connectivity index (χ0n) is 17.6. The molecule has 5 nitrogen and oxygen atoms in total. The van der Waals surface area contributed by atoms with Gasteiger partial charge in [-0.1, -0.05) is 36.4 Å². The first-order valence-corrected chi connectivity index (χ1v) is 9.87. The predicted octanol–water partition coefficient (Wildman–Crippen LogP) is 4.86. The van der Waals surface area contributed by atoms with Crippen molar-refractivity contribution in [2.75, 3.05) is 19.1 Å². The van der Waals surface area contributed by atoms with Crippen LogP contribution in [0, 0.1) is 13.8 Å². The standard InChI is InChI=1S/C25H25NO4/c1-16-10-11-17(2)20(14-16)26-23(18-12-13-21(28-3)22(15-18)29-4)24(25(26)27)30-19-8-6-5-7-9-19/h5-15,23-24H,1-4H3/t23-,24-/m1/s1. The number of nitrogens with zero attached hydrogens (tertiary/aromatic N) is 1. The molecular weight excluding hydrogens is 378 g/mol. The molecule has 0 spiro atoms. The number of para-hydroxylation sites is 1. The highest BCUT2D eigenvalue weighted by atomic mass is 16.5. The van der Waals surface area contributed by atoms with Crippen LogP contribution in [0.3, 0.4) is 0 Å². The number of benzene rings is 3. The van der Waals surface area contributed by atoms with E-state index in [0.717, 1.165) is 22.4 Å². The number of anilines is 1. The fourth-order valence-corrected chi connectivity index (χ4v) is 3.83. The molecule has 0 unspecified atom stereocenters. The third kappa shape index (κ3) is 3.47. The van der Waals surface area contributed by atoms with Gasteiger partial charge in [0.2, 0.25) is 6.10 Å². The van der Waals surface area contributed by atoms with Crippen molar-refractivity contribution in [3.63, 3.8) is 0 Å². The first-order valence-electron chi connectivity index (χ1n) is 9.87. The van der Waals surface area contributed by atoms with E-state index in [-0.39, 0.29) is 11.9 Å². The van der Waals surface area contributed by atoms with E-state index in [4.69, 9.17) is 14.2 Å². The highest BCUT2D eigenvalue weighted by molar-refractivity contribution is 6.06. The summed E-state index contributed by atoms with van der Waals surface area (Å²) in [4.78, 5) is 15.1. The van der Waals surface area contributed by atoms with Gasteiger partial charge >= 0.3 is 0 Å². The Labute approximate surface area is 176 Å². The molecule has 0 saturated carbocycles. The van der Waals surface area contributed by atoms with Gasteiger partial charge < -0.3 is 14.2 Å². The summed E-state index contributed by atoms with van der Waals surface area (Å²) in [6.07, 6.45) is -0.620. The van der Waals surface area contributed by atoms with Gasteiger partial charge in [0, 0.05) is 5.69 Å². The van der Waals surface area contributed by atoms with Crippen molar-refractivity contribution in [1.82, 2.24) is 0 Å². The van der Waals surface area contributed by atoms with Gasteiger partial charge in [-0.25, -0.2) is 0 Å². The van der Waals surface area contributed by atoms with E-state index < -0.39 is 6.10 Å². The van der Waals surface area contributed by atoms with Gasteiger partial charge in [0.15, 0.2) is 11.5 Å². The molecule has 30 heavy (non-hydrogen) atoms. The Morgan fingerprint density at radius 3 is 2.27 bits per heavy atom. The number of hydrogen-bond acceptors (Lipinski definition) is 4. The van der Waals surface area contributed by atoms with Gasteiger partial charge in [-0.2, -0.15) is 0 Å². The Kier molecular flexibility index (Phi) is 5.36. The van der Waals surface area contributed by atoms with E-state index in [0.29, 0.717) is 17.2 Å². The largest absolute Gasteiger partial charge is 0.493 e. The number of rotatable bonds is 6. The maximum Gasteiger partial charge on any atom is 0.271 e. The number of carbonyl (C=O) groups excluding carboxylic acids is 1. The Morgan fingerprint density at radius 2 is 1.57 bits per heavy atom. The van der Waals surface area contributed by atoms with E-state index in [2.05, 4.69) is 0 Å². The third-order valence-electron chi connectivity index (χ3n) is 5.43. The Hall–Kier alpha value is -3.47. The summed E-state index contributed by atoms with van der Waals surface area (Å²) in [5, 5.41) is 0. The van der Waals surface area contributed by atoms with Gasteiger partial charge in [-0.15, -0.1) is 0 Å². The second kappa shape index (κ2) is 8.11. The van der Waals surface area contributed by atoms with Crippen molar-refractivity contribution in [2.24, 2.45) is 0 Å². The van der Waals surface area contributed by atoms with Gasteiger partial charge in [0.25, 0.3) is 5.91 Å². The quantitative estimate of drug-likeness (QED) is 0.552. The molecule has 1 saturated heterocycles. The summed E-state index contributed by atoms with van der Waals surface area (Å²) in [5.41, 5.74) is 3.96. The van der Waals surface area contributed by atoms with Gasteiger partial charge in [-0.05, 0) is 60.9 Å². The molecule has 0 bridgehead atoms. The second-order valence-electron chi connectivity index (χ2n) is 7.41. The number of aryl methyl sites for hydroxylation is 2. The van der Waals surface area contributed by atoms with E-state index in [1.165, 1.54) is 0 Å². The Morgan fingerprint density at radius 1 is 0.833 bits per heavy atom. The highest BCUT2D eigenvalue weighted by Crippen LogP contribution is 2.44. The molecule has 3 aromatic rings. The predicted molar refractivity (Wildman–Crippen MR) is 117 cm³/mol. The van der Waals surface area contributed by atoms with Crippen LogP contribution in [0.4, 0.5) is 5.69 Å². The van der Waals surface area contributed by atoms with Crippen LogP contribution in [0.15, 0.2) is 66.7 Å². The second-order valence-corrected chi connectivity index (χ2v) is 7.41. The summed E-state index contributed by atoms with van der Waals surface area (Å²) in [6.45, 7) is 4.04. The smallest absolute Gasteiger partial charge is 0.271 e. The van der Waals surface area contributed by atoms with E-state index in [9.17, 15) is 4.79 Å². The minimum atomic E-state index is -0.620. The van der Waals surface area contributed by atoms with Crippen LogP contribution in [0.5, 0.6) is 17.2 Å². The van der Waals surface area contributed by atoms with Crippen LogP contribution >= 0.6 is 0 Å². The molecular formula is C25H25NO4. The maximum atomic E-state index is 13.2. The lowest BCUT2D eigenvalue weighted by Crippen LogP contribution is -2.61. The zero-order chi connectivity index (χ0) is 21.3. The first kappa shape index (κ1) is 19.8. The lowest BCUT2D eigenvalue weighted by molar-refractivity contribution is -0.135. The van der Waals surface area contributed by atoms with Gasteiger partial charge in [0.05, 0.1) is 14.2 Å². The molecule has 0 N–H and O–H groups in total. The molecule has 4 rings (SSSR count). The average molecular weight is 403 g/mol. The van der Waals surface area contributed by atoms with E-state index in [1.807, 2.05) is 85.5 Å². The number of methoxy groups -OCH3 is 2. The molecule has 0 radical (unpaired) electrons. The summed E-state index contributed by atoms with van der Waals surface area (Å²) >= 11 is 0. The molecule has 154 valence electrons. The van der Waals surface area contributed by atoms with Crippen molar-refractivity contribution in [1.29, 1.82) is 0 Å². The summed E-state index contributed by atoms with van der Waals surface area (Å²) in [7, 11) is 3.21. The monoisotopic (exact) mass is 403 g/mol. The molecule has 2 atom stereocenters. The number of hydrogen-bond donors (Lipinski definition) is 0. The molecule has 1 heterocycles. The van der Waals surface area contributed by atoms with Gasteiger partial charge in [0.1, 0.15) is 11.8 Å². The van der Waals surface area contributed by atoms with E-state index >= 15 is 0 Å². The number of carbonyl (C=O) groups is 1. The fourth-order valence-electron chi connectivity index (χ4n) is 3.83. The molecule has 1 aliphatic rings. The highest BCUT2D eigenvalue weighted by Gasteiger charge is 2.51. The summed E-state index contributed by atoms with van der Waals surface area (Å²) in [6, 6.07) is 21.0. The molecule has 5 heteroatoms. The van der Waals surface area contributed by atoms with Gasteiger partial charge in [-0.3, -0.25) is 9.69 Å². The molecule has 0 aromatic heterocycles. The van der Waals surface area contributed by atoms with Crippen molar-refractivity contribution in [3.8, 4) is 17.2 Å². The minimum absolute atomic E-state index is 0.0627. The molecule has 0 aliphatic carbocycles. The summed E-state index contributed by atoms with van der Waals surface area (Å²) < 4.78 is 17.0. The topological polar surface area (TPSA) is 48.0 Å². The first-order chi connectivity index (χ1) is 14.5. The summed E-state index contributed by atoms with van der Waals surface area (Å²) in [5.74, 6) is 1.87. The fraction of sp³-hybridized carbons (Fsp3) is 0.240. The van der Waals surface area contributed by atoms with Crippen molar-refractivity contribution in [3.05, 3.63) is 83.4 Å². The Bertz CT molecular complexity index is 1060. The molecule has 3 aromatic carbocycles. The normalized spacial score (nSPS) is 18.0. The van der Waals surface area contributed by atoms with E-state index in [1.54, 1.807) is 14.2 Å². The van der Waals surface area contributed by atoms with Crippen LogP contribution in [0.1, 0.15) is 22.7 Å².